The van der Waals surface area contributed by atoms with Crippen molar-refractivity contribution in [2.75, 3.05) is 66.2 Å². The van der Waals surface area contributed by atoms with E-state index in [4.69, 9.17) is 4.99 Å². The van der Waals surface area contributed by atoms with Gasteiger partial charge in [0.25, 0.3) is 11.8 Å². The summed E-state index contributed by atoms with van der Waals surface area (Å²) in [5.41, 5.74) is 5.29. The van der Waals surface area contributed by atoms with Gasteiger partial charge in [0, 0.05) is 58.1 Å². The van der Waals surface area contributed by atoms with E-state index >= 15 is 0 Å². The molecule has 3 aliphatic heterocycles. The number of aliphatic hydroxyl groups is 1. The van der Waals surface area contributed by atoms with Crippen LogP contribution in [0.4, 0.5) is 5.69 Å². The van der Waals surface area contributed by atoms with Gasteiger partial charge in [-0.3, -0.25) is 24.4 Å². The fourth-order valence-corrected chi connectivity index (χ4v) is 6.82. The predicted molar refractivity (Wildman–Crippen MR) is 184 cm³/mol. The summed E-state index contributed by atoms with van der Waals surface area (Å²) in [5, 5.41) is 17.2. The zero-order valence-electron chi connectivity index (χ0n) is 28.3. The van der Waals surface area contributed by atoms with E-state index in [2.05, 4.69) is 52.6 Å². The minimum atomic E-state index is -0.463. The molecule has 0 saturated carbocycles. The molecule has 3 heterocycles. The molecule has 1 saturated heterocycles. The third-order valence-corrected chi connectivity index (χ3v) is 10.0. The van der Waals surface area contributed by atoms with Crippen LogP contribution in [0.2, 0.25) is 0 Å². The molecule has 2 amide bonds. The Bertz CT molecular complexity index is 1460. The van der Waals surface area contributed by atoms with Crippen molar-refractivity contribution >= 4 is 23.2 Å². The number of rotatable bonds is 10. The van der Waals surface area contributed by atoms with Crippen LogP contribution in [0.15, 0.2) is 70.5 Å². The Morgan fingerprint density at radius 3 is 2.63 bits per heavy atom. The topological polar surface area (TPSA) is 104 Å². The summed E-state index contributed by atoms with van der Waals surface area (Å²) in [6, 6.07) is 5.81. The Kier molecular flexibility index (Phi) is 10.8. The van der Waals surface area contributed by atoms with Crippen molar-refractivity contribution in [3.63, 3.8) is 0 Å². The maximum absolute atomic E-state index is 13.1. The molecule has 1 aromatic carbocycles. The minimum absolute atomic E-state index is 0.0112. The highest BCUT2D eigenvalue weighted by molar-refractivity contribution is 6.39. The Hall–Kier alpha value is -3.73. The summed E-state index contributed by atoms with van der Waals surface area (Å²) in [5.74, 6) is 1.14. The van der Waals surface area contributed by atoms with Crippen molar-refractivity contribution in [3.05, 3.63) is 76.7 Å². The van der Waals surface area contributed by atoms with Crippen molar-refractivity contribution in [1.82, 2.24) is 24.9 Å². The molecule has 1 aromatic rings. The van der Waals surface area contributed by atoms with E-state index in [0.29, 0.717) is 30.8 Å². The number of hydrogen-bond acceptors (Lipinski definition) is 8. The van der Waals surface area contributed by atoms with Gasteiger partial charge in [-0.25, -0.2) is 0 Å². The Balaban J connectivity index is 1.20. The second kappa shape index (κ2) is 14.8. The molecule has 0 spiro atoms. The van der Waals surface area contributed by atoms with Gasteiger partial charge in [-0.05, 0) is 88.9 Å². The molecule has 0 radical (unpaired) electrons. The van der Waals surface area contributed by atoms with E-state index in [1.165, 1.54) is 5.57 Å². The number of allylic oxidation sites excluding steroid dienone is 5. The first-order chi connectivity index (χ1) is 22.1. The second-order valence-electron chi connectivity index (χ2n) is 13.1. The highest BCUT2D eigenvalue weighted by Gasteiger charge is 2.36. The molecule has 1 aliphatic carbocycles. The summed E-state index contributed by atoms with van der Waals surface area (Å²) in [6.45, 7) is 7.77. The zero-order valence-corrected chi connectivity index (χ0v) is 28.3. The standard InChI is InChI=1S/C36H51N7O3/c1-7-40(3)32-19-18-27(22-37-32)34(44)39-29-12-9-11-28(24(29)2)31-23-43(6)35(45)30(38-31)13-8-10-25-14-16-26(17-15-25)33-36(46)42(5)21-20-41(33)4/h9,11-12,14-16,18-19,26,31,33,36-37,46H,7-8,10,13,17,20-23H2,1-6H3,(H,39,44). The predicted octanol–water partition coefficient (Wildman–Crippen LogP) is 3.45. The van der Waals surface area contributed by atoms with Crippen molar-refractivity contribution < 1.29 is 14.7 Å². The molecule has 10 nitrogen and oxygen atoms in total. The normalized spacial score (nSPS) is 25.7. The van der Waals surface area contributed by atoms with E-state index in [1.54, 1.807) is 4.90 Å². The average Bonchev–Trinajstić information content (AvgIpc) is 3.06. The molecule has 46 heavy (non-hydrogen) atoms. The van der Waals surface area contributed by atoms with Gasteiger partial charge in [0.2, 0.25) is 0 Å². The van der Waals surface area contributed by atoms with Crippen molar-refractivity contribution in [2.45, 2.75) is 57.8 Å². The van der Waals surface area contributed by atoms with E-state index in [1.807, 2.05) is 63.3 Å². The molecule has 0 aromatic heterocycles. The van der Waals surface area contributed by atoms with Gasteiger partial charge in [0.1, 0.15) is 17.8 Å². The van der Waals surface area contributed by atoms with Crippen molar-refractivity contribution in [3.8, 4) is 0 Å². The summed E-state index contributed by atoms with van der Waals surface area (Å²) in [4.78, 5) is 39.4. The number of dihydropyridines is 1. The number of hydrogen-bond donors (Lipinski definition) is 3. The molecule has 1 fully saturated rings. The molecular formula is C36H51N7O3. The van der Waals surface area contributed by atoms with Crippen LogP contribution >= 0.6 is 0 Å². The molecule has 248 valence electrons. The third-order valence-electron chi connectivity index (χ3n) is 10.0. The minimum Gasteiger partial charge on any atom is -0.377 e. The van der Waals surface area contributed by atoms with Crippen LogP contribution in [0, 0.1) is 12.8 Å². The molecule has 4 unspecified atom stereocenters. The van der Waals surface area contributed by atoms with E-state index in [0.717, 1.165) is 61.5 Å². The highest BCUT2D eigenvalue weighted by Crippen LogP contribution is 2.32. The molecule has 4 aliphatic rings. The number of anilines is 1. The maximum atomic E-state index is 13.1. The largest absolute Gasteiger partial charge is 0.377 e. The number of carbonyl (C=O) groups excluding carboxylic acids is 2. The first-order valence-corrected chi connectivity index (χ1v) is 16.6. The fraction of sp³-hybridized carbons (Fsp3) is 0.528. The number of piperazine rings is 1. The summed E-state index contributed by atoms with van der Waals surface area (Å²) in [6.07, 6.45) is 13.3. The SMILES string of the molecule is CCN(C)C1=CC=C(C(=O)Nc2cccc(C3CN(C)C(=O)C(CCCC4=CCC(C5C(O)N(C)CCN5C)C=C4)=N3)c2C)CN1. The molecule has 10 heteroatoms. The van der Waals surface area contributed by atoms with Crippen LogP contribution in [0.5, 0.6) is 0 Å². The lowest BCUT2D eigenvalue weighted by Crippen LogP contribution is -2.59. The van der Waals surface area contributed by atoms with Crippen LogP contribution in [0.25, 0.3) is 0 Å². The maximum Gasteiger partial charge on any atom is 0.267 e. The van der Waals surface area contributed by atoms with Gasteiger partial charge in [0.15, 0.2) is 0 Å². The molecule has 4 atom stereocenters. The number of carbonyl (C=O) groups is 2. The number of aliphatic imine (C=N–C) groups is 1. The van der Waals surface area contributed by atoms with Gasteiger partial charge < -0.3 is 25.5 Å². The van der Waals surface area contributed by atoms with Gasteiger partial charge in [-0.2, -0.15) is 0 Å². The first kappa shape index (κ1) is 33.6. The Morgan fingerprint density at radius 1 is 1.15 bits per heavy atom. The molecule has 3 N–H and O–H groups in total. The quantitative estimate of drug-likeness (QED) is 0.365. The van der Waals surface area contributed by atoms with Crippen molar-refractivity contribution in [2.24, 2.45) is 10.9 Å². The lowest BCUT2D eigenvalue weighted by atomic mass is 9.86. The monoisotopic (exact) mass is 629 g/mol. The summed E-state index contributed by atoms with van der Waals surface area (Å²) < 4.78 is 0. The van der Waals surface area contributed by atoms with Gasteiger partial charge in [-0.1, -0.05) is 35.9 Å². The van der Waals surface area contributed by atoms with E-state index in [-0.39, 0.29) is 29.8 Å². The van der Waals surface area contributed by atoms with Gasteiger partial charge >= 0.3 is 0 Å². The Morgan fingerprint density at radius 2 is 1.93 bits per heavy atom. The first-order valence-electron chi connectivity index (χ1n) is 16.6. The van der Waals surface area contributed by atoms with Crippen LogP contribution in [0.1, 0.15) is 49.8 Å². The van der Waals surface area contributed by atoms with Crippen LogP contribution in [-0.4, -0.2) is 115 Å². The number of amides is 2. The summed E-state index contributed by atoms with van der Waals surface area (Å²) >= 11 is 0. The van der Waals surface area contributed by atoms with Gasteiger partial charge in [-0.15, -0.1) is 0 Å². The molecule has 5 rings (SSSR count). The highest BCUT2D eigenvalue weighted by atomic mass is 16.3. The molecular weight excluding hydrogens is 578 g/mol. The number of nitrogens with one attached hydrogen (secondary N) is 2. The smallest absolute Gasteiger partial charge is 0.267 e. The Labute approximate surface area is 274 Å². The zero-order chi connectivity index (χ0) is 33.0. The van der Waals surface area contributed by atoms with Crippen LogP contribution < -0.4 is 10.6 Å². The third kappa shape index (κ3) is 7.45. The number of aliphatic hydroxyl groups excluding tert-OH is 1. The van der Waals surface area contributed by atoms with Crippen molar-refractivity contribution in [1.29, 1.82) is 0 Å². The van der Waals surface area contributed by atoms with E-state index in [9.17, 15) is 14.7 Å². The number of benzene rings is 1. The lowest BCUT2D eigenvalue weighted by molar-refractivity contribution is -0.123. The van der Waals surface area contributed by atoms with Gasteiger partial charge in [0.05, 0.1) is 12.1 Å². The van der Waals surface area contributed by atoms with Crippen LogP contribution in [0.3, 0.4) is 0 Å². The summed E-state index contributed by atoms with van der Waals surface area (Å²) in [7, 11) is 7.94. The van der Waals surface area contributed by atoms with Crippen LogP contribution in [-0.2, 0) is 9.59 Å². The lowest BCUT2D eigenvalue weighted by Gasteiger charge is -2.45. The molecule has 0 bridgehead atoms. The second-order valence-corrected chi connectivity index (χ2v) is 13.1. The fourth-order valence-electron chi connectivity index (χ4n) is 6.82. The average molecular weight is 630 g/mol. The number of nitrogens with zero attached hydrogens (tertiary/aromatic N) is 5. The van der Waals surface area contributed by atoms with E-state index < -0.39 is 6.23 Å². The number of likely N-dealkylation sites (N-methyl/N-ethyl adjacent to an activating group) is 3.